The van der Waals surface area contributed by atoms with Crippen LogP contribution in [0.25, 0.3) is 17.5 Å². The van der Waals surface area contributed by atoms with Crippen molar-refractivity contribution in [2.45, 2.75) is 18.1 Å². The lowest BCUT2D eigenvalue weighted by Crippen LogP contribution is -2.21. The molecule has 3 heterocycles. The molecule has 1 aliphatic heterocycles. The topological polar surface area (TPSA) is 81.5 Å². The van der Waals surface area contributed by atoms with Gasteiger partial charge >= 0.3 is 0 Å². The van der Waals surface area contributed by atoms with Crippen molar-refractivity contribution < 1.29 is 8.78 Å². The van der Waals surface area contributed by atoms with Gasteiger partial charge in [-0.15, -0.1) is 0 Å². The van der Waals surface area contributed by atoms with Crippen LogP contribution in [0.15, 0.2) is 24.7 Å². The number of aromatic amines is 1. The summed E-state index contributed by atoms with van der Waals surface area (Å²) >= 11 is 1.86. The van der Waals surface area contributed by atoms with Gasteiger partial charge in [-0.05, 0) is 24.8 Å². The fourth-order valence-electron chi connectivity index (χ4n) is 2.59. The van der Waals surface area contributed by atoms with Gasteiger partial charge in [0.15, 0.2) is 0 Å². The largest absolute Gasteiger partial charge is 0.355 e. The summed E-state index contributed by atoms with van der Waals surface area (Å²) in [7, 11) is 0. The summed E-state index contributed by atoms with van der Waals surface area (Å²) in [6.45, 7) is 1.93. The molecule has 0 bridgehead atoms. The minimum absolute atomic E-state index is 0.393. The highest BCUT2D eigenvalue weighted by Gasteiger charge is 2.23. The number of H-pyrrole nitrogens is 1. The van der Waals surface area contributed by atoms with E-state index in [-0.39, 0.29) is 0 Å². The molecule has 25 heavy (non-hydrogen) atoms. The standard InChI is InChI=1S/C16H18F2N6S/c1-25-10-4-5-24(8-10)15-6-12(21-9-22-15)13-7-20-14(23-13)3-2-11(19)16(17)18/h2-3,6-7,9-10,16,19H,4-5,8H2,1H3,(H,20,23)/b3-2-,19-11?. The summed E-state index contributed by atoms with van der Waals surface area (Å²) in [6, 6.07) is 1.89. The maximum absolute atomic E-state index is 12.3. The van der Waals surface area contributed by atoms with Gasteiger partial charge in [0.05, 0.1) is 23.3 Å². The quantitative estimate of drug-likeness (QED) is 0.770. The van der Waals surface area contributed by atoms with Crippen LogP contribution in [0.3, 0.4) is 0 Å². The van der Waals surface area contributed by atoms with E-state index in [0.29, 0.717) is 22.5 Å². The number of hydrogen-bond donors (Lipinski definition) is 2. The van der Waals surface area contributed by atoms with Crippen LogP contribution in [0, 0.1) is 5.41 Å². The highest BCUT2D eigenvalue weighted by molar-refractivity contribution is 7.99. The maximum atomic E-state index is 12.3. The van der Waals surface area contributed by atoms with Gasteiger partial charge in [0, 0.05) is 24.4 Å². The molecule has 1 unspecified atom stereocenters. The lowest BCUT2D eigenvalue weighted by Gasteiger charge is -2.17. The molecule has 6 nitrogen and oxygen atoms in total. The molecule has 2 aromatic heterocycles. The lowest BCUT2D eigenvalue weighted by molar-refractivity contribution is 0.226. The number of alkyl halides is 2. The van der Waals surface area contributed by atoms with Gasteiger partial charge in [0.1, 0.15) is 18.0 Å². The minimum atomic E-state index is -2.79. The number of aromatic nitrogens is 4. The Hall–Kier alpha value is -2.29. The molecule has 1 aliphatic rings. The zero-order valence-electron chi connectivity index (χ0n) is 13.6. The molecule has 0 aliphatic carbocycles. The van der Waals surface area contributed by atoms with Crippen molar-refractivity contribution in [2.24, 2.45) is 0 Å². The molecule has 2 N–H and O–H groups in total. The van der Waals surface area contributed by atoms with Crippen LogP contribution in [0.1, 0.15) is 12.2 Å². The number of allylic oxidation sites excluding steroid dienone is 1. The maximum Gasteiger partial charge on any atom is 0.279 e. The van der Waals surface area contributed by atoms with Crippen LogP contribution in [0.2, 0.25) is 0 Å². The van der Waals surface area contributed by atoms with E-state index in [1.807, 2.05) is 17.8 Å². The van der Waals surface area contributed by atoms with Crippen LogP contribution in [0.5, 0.6) is 0 Å². The summed E-state index contributed by atoms with van der Waals surface area (Å²) in [5.41, 5.74) is 0.612. The first-order valence-electron chi connectivity index (χ1n) is 7.76. The average molecular weight is 364 g/mol. The molecular weight excluding hydrogens is 346 g/mol. The minimum Gasteiger partial charge on any atom is -0.355 e. The smallest absolute Gasteiger partial charge is 0.279 e. The summed E-state index contributed by atoms with van der Waals surface area (Å²) in [6.07, 6.45) is 5.95. The van der Waals surface area contributed by atoms with Crippen LogP contribution < -0.4 is 4.90 Å². The molecule has 1 saturated heterocycles. The van der Waals surface area contributed by atoms with Crippen molar-refractivity contribution in [3.05, 3.63) is 30.5 Å². The van der Waals surface area contributed by atoms with Crippen LogP contribution >= 0.6 is 11.8 Å². The first kappa shape index (κ1) is 17.5. The summed E-state index contributed by atoms with van der Waals surface area (Å²) < 4.78 is 24.6. The molecule has 2 aromatic rings. The number of rotatable bonds is 6. The third-order valence-corrected chi connectivity index (χ3v) is 5.03. The van der Waals surface area contributed by atoms with E-state index in [1.54, 1.807) is 6.20 Å². The molecule has 0 radical (unpaired) electrons. The first-order chi connectivity index (χ1) is 12.1. The van der Waals surface area contributed by atoms with Gasteiger partial charge in [-0.2, -0.15) is 11.8 Å². The Kier molecular flexibility index (Phi) is 5.42. The van der Waals surface area contributed by atoms with Crippen molar-refractivity contribution in [3.63, 3.8) is 0 Å². The number of hydrogen-bond acceptors (Lipinski definition) is 6. The second-order valence-corrected chi connectivity index (χ2v) is 6.76. The Morgan fingerprint density at radius 3 is 3.00 bits per heavy atom. The van der Waals surface area contributed by atoms with Crippen LogP contribution in [0.4, 0.5) is 14.6 Å². The van der Waals surface area contributed by atoms with Crippen LogP contribution in [-0.4, -0.2) is 56.7 Å². The van der Waals surface area contributed by atoms with Gasteiger partial charge in [-0.3, -0.25) is 5.41 Å². The van der Waals surface area contributed by atoms with E-state index in [2.05, 4.69) is 31.1 Å². The monoisotopic (exact) mass is 364 g/mol. The molecular formula is C16H18F2N6S. The highest BCUT2D eigenvalue weighted by atomic mass is 32.2. The lowest BCUT2D eigenvalue weighted by atomic mass is 10.3. The van der Waals surface area contributed by atoms with Crippen molar-refractivity contribution in [1.29, 1.82) is 5.41 Å². The van der Waals surface area contributed by atoms with E-state index in [4.69, 9.17) is 5.41 Å². The fourth-order valence-corrected chi connectivity index (χ4v) is 3.26. The van der Waals surface area contributed by atoms with Gasteiger partial charge in [0.25, 0.3) is 6.43 Å². The van der Waals surface area contributed by atoms with Gasteiger partial charge < -0.3 is 9.88 Å². The number of anilines is 1. The number of nitrogens with one attached hydrogen (secondary N) is 2. The third-order valence-electron chi connectivity index (χ3n) is 3.98. The Bertz CT molecular complexity index is 775. The summed E-state index contributed by atoms with van der Waals surface area (Å²) in [5.74, 6) is 1.26. The van der Waals surface area contributed by atoms with Crippen molar-refractivity contribution in [3.8, 4) is 11.4 Å². The summed E-state index contributed by atoms with van der Waals surface area (Å²) in [4.78, 5) is 18.0. The fraction of sp³-hybridized carbons (Fsp3) is 0.375. The zero-order valence-corrected chi connectivity index (χ0v) is 14.4. The highest BCUT2D eigenvalue weighted by Crippen LogP contribution is 2.26. The van der Waals surface area contributed by atoms with E-state index in [0.717, 1.165) is 31.4 Å². The molecule has 132 valence electrons. The molecule has 9 heteroatoms. The molecule has 3 rings (SSSR count). The predicted octanol–water partition coefficient (Wildman–Crippen LogP) is 3.11. The molecule has 0 aromatic carbocycles. The normalized spacial score (nSPS) is 17.8. The second-order valence-electron chi connectivity index (χ2n) is 5.63. The average Bonchev–Trinajstić information content (AvgIpc) is 3.29. The summed E-state index contributed by atoms with van der Waals surface area (Å²) in [5, 5.41) is 7.73. The van der Waals surface area contributed by atoms with E-state index >= 15 is 0 Å². The molecule has 1 fully saturated rings. The van der Waals surface area contributed by atoms with Crippen molar-refractivity contribution in [2.75, 3.05) is 24.2 Å². The van der Waals surface area contributed by atoms with E-state index in [9.17, 15) is 8.78 Å². The van der Waals surface area contributed by atoms with Crippen LogP contribution in [-0.2, 0) is 0 Å². The number of nitrogens with zero attached hydrogens (tertiary/aromatic N) is 4. The second kappa shape index (κ2) is 7.73. The number of thioether (sulfide) groups is 1. The van der Waals surface area contributed by atoms with Crippen molar-refractivity contribution >= 4 is 29.4 Å². The predicted molar refractivity (Wildman–Crippen MR) is 96.5 cm³/mol. The van der Waals surface area contributed by atoms with E-state index < -0.39 is 12.1 Å². The Morgan fingerprint density at radius 1 is 1.44 bits per heavy atom. The first-order valence-corrected chi connectivity index (χ1v) is 9.05. The number of halogens is 2. The SMILES string of the molecule is CSC1CCN(c2cc(-c3cnc(/C=C\C(=N)C(F)F)[nH]3)ncn2)C1. The third kappa shape index (κ3) is 4.22. The van der Waals surface area contributed by atoms with Gasteiger partial charge in [0.2, 0.25) is 0 Å². The van der Waals surface area contributed by atoms with E-state index in [1.165, 1.54) is 12.4 Å². The Balaban J connectivity index is 1.75. The van der Waals surface area contributed by atoms with Gasteiger partial charge in [-0.25, -0.2) is 23.7 Å². The Morgan fingerprint density at radius 2 is 2.28 bits per heavy atom. The van der Waals surface area contributed by atoms with Crippen molar-refractivity contribution in [1.82, 2.24) is 19.9 Å². The molecule has 0 spiro atoms. The molecule has 0 amide bonds. The van der Waals surface area contributed by atoms with Gasteiger partial charge in [-0.1, -0.05) is 0 Å². The molecule has 1 atom stereocenters. The Labute approximate surface area is 148 Å². The molecule has 0 saturated carbocycles. The zero-order chi connectivity index (χ0) is 17.8. The number of imidazole rings is 1.